The molecule has 0 aromatic carbocycles. The normalized spacial score (nSPS) is 12.1. The van der Waals surface area contributed by atoms with E-state index in [0.717, 1.165) is 0 Å². The molecule has 0 aliphatic rings. The van der Waals surface area contributed by atoms with E-state index in [1.54, 1.807) is 0 Å². The summed E-state index contributed by atoms with van der Waals surface area (Å²) in [4.78, 5) is 22.3. The summed E-state index contributed by atoms with van der Waals surface area (Å²) in [5, 5.41) is 25.9. The quantitative estimate of drug-likeness (QED) is 0.371. The van der Waals surface area contributed by atoms with Gasteiger partial charge in [0.2, 0.25) is 0 Å². The number of carbonyl (C=O) groups excluding carboxylic acids is 1. The van der Waals surface area contributed by atoms with Gasteiger partial charge in [-0.15, -0.1) is 0 Å². The van der Waals surface area contributed by atoms with Crippen molar-refractivity contribution in [1.29, 1.82) is 0 Å². The maximum absolute atomic E-state index is 11.6. The number of aliphatic carboxylic acids is 1. The van der Waals surface area contributed by atoms with Crippen LogP contribution in [0.25, 0.3) is 0 Å². The lowest BCUT2D eigenvalue weighted by atomic mass is 9.98. The van der Waals surface area contributed by atoms with E-state index in [1.165, 1.54) is 0 Å². The second kappa shape index (κ2) is 11.0. The minimum atomic E-state index is -1.03. The van der Waals surface area contributed by atoms with Crippen molar-refractivity contribution in [2.75, 3.05) is 19.8 Å². The molecule has 3 N–H and O–H groups in total. The standard InChI is InChI=1S/C12H22O6/c13-6-2-1-5-10(9-11(15)16)12(17)18-8-4-3-7-14/h10,13-14H,1-9H2,(H,15,16). The van der Waals surface area contributed by atoms with Gasteiger partial charge in [-0.2, -0.15) is 0 Å². The second-order valence-electron chi connectivity index (χ2n) is 4.11. The Morgan fingerprint density at radius 2 is 1.61 bits per heavy atom. The molecule has 0 amide bonds. The Hall–Kier alpha value is -1.14. The van der Waals surface area contributed by atoms with Gasteiger partial charge in [0.1, 0.15) is 0 Å². The molecule has 0 radical (unpaired) electrons. The van der Waals surface area contributed by atoms with E-state index in [0.29, 0.717) is 32.1 Å². The molecule has 0 aromatic rings. The molecule has 1 atom stereocenters. The van der Waals surface area contributed by atoms with Crippen LogP contribution in [0, 0.1) is 5.92 Å². The summed E-state index contributed by atoms with van der Waals surface area (Å²) in [6, 6.07) is 0. The van der Waals surface area contributed by atoms with Crippen LogP contribution in [0.15, 0.2) is 0 Å². The SMILES string of the molecule is O=C(O)CC(CCCCO)C(=O)OCCCCO. The van der Waals surface area contributed by atoms with Crippen molar-refractivity contribution in [1.82, 2.24) is 0 Å². The summed E-state index contributed by atoms with van der Waals surface area (Å²) in [7, 11) is 0. The number of rotatable bonds is 11. The number of aliphatic hydroxyl groups excluding tert-OH is 2. The van der Waals surface area contributed by atoms with Gasteiger partial charge in [-0.1, -0.05) is 6.42 Å². The number of unbranched alkanes of at least 4 members (excludes halogenated alkanes) is 2. The van der Waals surface area contributed by atoms with E-state index in [4.69, 9.17) is 20.1 Å². The van der Waals surface area contributed by atoms with E-state index in [2.05, 4.69) is 0 Å². The lowest BCUT2D eigenvalue weighted by Gasteiger charge is -2.13. The first kappa shape index (κ1) is 16.9. The fourth-order valence-electron chi connectivity index (χ4n) is 1.52. The van der Waals surface area contributed by atoms with Crippen molar-refractivity contribution in [3.05, 3.63) is 0 Å². The monoisotopic (exact) mass is 262 g/mol. The maximum atomic E-state index is 11.6. The van der Waals surface area contributed by atoms with Crippen LogP contribution in [0.3, 0.4) is 0 Å². The molecule has 0 aliphatic heterocycles. The molecule has 0 fully saturated rings. The first-order chi connectivity index (χ1) is 8.61. The molecule has 1 unspecified atom stereocenters. The molecular formula is C12H22O6. The number of hydrogen-bond acceptors (Lipinski definition) is 5. The summed E-state index contributed by atoms with van der Waals surface area (Å²) >= 11 is 0. The maximum Gasteiger partial charge on any atom is 0.309 e. The van der Waals surface area contributed by atoms with Crippen LogP contribution < -0.4 is 0 Å². The van der Waals surface area contributed by atoms with Crippen LogP contribution in [0.1, 0.15) is 38.5 Å². The number of ether oxygens (including phenoxy) is 1. The first-order valence-electron chi connectivity index (χ1n) is 6.22. The number of carbonyl (C=O) groups is 2. The van der Waals surface area contributed by atoms with Gasteiger partial charge < -0.3 is 20.1 Å². The van der Waals surface area contributed by atoms with Crippen LogP contribution >= 0.6 is 0 Å². The van der Waals surface area contributed by atoms with E-state index in [9.17, 15) is 9.59 Å². The molecule has 0 saturated heterocycles. The fourth-order valence-corrected chi connectivity index (χ4v) is 1.52. The van der Waals surface area contributed by atoms with Crippen LogP contribution in [0.4, 0.5) is 0 Å². The van der Waals surface area contributed by atoms with Crippen molar-refractivity contribution in [3.8, 4) is 0 Å². The molecule has 0 spiro atoms. The second-order valence-corrected chi connectivity index (χ2v) is 4.11. The Morgan fingerprint density at radius 3 is 2.17 bits per heavy atom. The Morgan fingerprint density at radius 1 is 1.00 bits per heavy atom. The highest BCUT2D eigenvalue weighted by Gasteiger charge is 2.22. The molecule has 0 heterocycles. The van der Waals surface area contributed by atoms with E-state index in [1.807, 2.05) is 0 Å². The molecule has 106 valence electrons. The molecule has 0 rings (SSSR count). The summed E-state index contributed by atoms with van der Waals surface area (Å²) in [5.41, 5.74) is 0. The Labute approximate surface area is 107 Å². The van der Waals surface area contributed by atoms with E-state index < -0.39 is 17.9 Å². The van der Waals surface area contributed by atoms with Crippen LogP contribution in [0.5, 0.6) is 0 Å². The van der Waals surface area contributed by atoms with Gasteiger partial charge in [0.15, 0.2) is 0 Å². The van der Waals surface area contributed by atoms with Gasteiger partial charge >= 0.3 is 11.9 Å². The summed E-state index contributed by atoms with van der Waals surface area (Å²) in [6.45, 7) is 0.285. The number of aliphatic hydroxyl groups is 2. The van der Waals surface area contributed by atoms with Crippen LogP contribution in [-0.2, 0) is 14.3 Å². The third kappa shape index (κ3) is 8.95. The largest absolute Gasteiger partial charge is 0.481 e. The molecule has 0 aromatic heterocycles. The lowest BCUT2D eigenvalue weighted by Crippen LogP contribution is -2.21. The van der Waals surface area contributed by atoms with Gasteiger partial charge in [0.05, 0.1) is 18.9 Å². The predicted molar refractivity (Wildman–Crippen MR) is 64.0 cm³/mol. The summed E-state index contributed by atoms with van der Waals surface area (Å²) in [5.74, 6) is -2.19. The molecule has 6 heteroatoms. The Balaban J connectivity index is 4.01. The average molecular weight is 262 g/mol. The minimum Gasteiger partial charge on any atom is -0.481 e. The van der Waals surface area contributed by atoms with E-state index >= 15 is 0 Å². The highest BCUT2D eigenvalue weighted by Crippen LogP contribution is 2.15. The Kier molecular flexibility index (Phi) is 10.3. The predicted octanol–water partition coefficient (Wildman–Crippen LogP) is 0.556. The zero-order valence-electron chi connectivity index (χ0n) is 10.5. The lowest BCUT2D eigenvalue weighted by molar-refractivity contribution is -0.153. The summed E-state index contributed by atoms with van der Waals surface area (Å²) < 4.78 is 4.96. The zero-order valence-corrected chi connectivity index (χ0v) is 10.5. The molecule has 18 heavy (non-hydrogen) atoms. The van der Waals surface area contributed by atoms with Crippen molar-refractivity contribution in [2.45, 2.75) is 38.5 Å². The molecule has 0 aliphatic carbocycles. The van der Waals surface area contributed by atoms with Crippen molar-refractivity contribution in [3.63, 3.8) is 0 Å². The topological polar surface area (TPSA) is 104 Å². The minimum absolute atomic E-state index is 0.0331. The zero-order chi connectivity index (χ0) is 13.8. The van der Waals surface area contributed by atoms with Crippen molar-refractivity contribution < 1.29 is 29.6 Å². The van der Waals surface area contributed by atoms with Crippen LogP contribution in [-0.4, -0.2) is 47.1 Å². The molecule has 0 bridgehead atoms. The first-order valence-corrected chi connectivity index (χ1v) is 6.22. The number of hydrogen-bond donors (Lipinski definition) is 3. The number of carboxylic acids is 1. The highest BCUT2D eigenvalue weighted by molar-refractivity contribution is 5.79. The van der Waals surface area contributed by atoms with Gasteiger partial charge in [-0.05, 0) is 25.7 Å². The third-order valence-corrected chi connectivity index (χ3v) is 2.51. The Bertz CT molecular complexity index is 241. The highest BCUT2D eigenvalue weighted by atomic mass is 16.5. The van der Waals surface area contributed by atoms with Crippen LogP contribution in [0.2, 0.25) is 0 Å². The van der Waals surface area contributed by atoms with Crippen molar-refractivity contribution in [2.24, 2.45) is 5.92 Å². The van der Waals surface area contributed by atoms with Gasteiger partial charge in [0.25, 0.3) is 0 Å². The molecular weight excluding hydrogens is 240 g/mol. The molecule has 6 nitrogen and oxygen atoms in total. The fraction of sp³-hybridized carbons (Fsp3) is 0.833. The number of carboxylic acid groups (broad SMARTS) is 1. The van der Waals surface area contributed by atoms with Gasteiger partial charge in [-0.25, -0.2) is 0 Å². The van der Waals surface area contributed by atoms with Crippen molar-refractivity contribution >= 4 is 11.9 Å². The van der Waals surface area contributed by atoms with E-state index in [-0.39, 0.29) is 26.2 Å². The smallest absolute Gasteiger partial charge is 0.309 e. The third-order valence-electron chi connectivity index (χ3n) is 2.51. The number of esters is 1. The van der Waals surface area contributed by atoms with Gasteiger partial charge in [0, 0.05) is 13.2 Å². The average Bonchev–Trinajstić information content (AvgIpc) is 2.33. The van der Waals surface area contributed by atoms with Gasteiger partial charge in [-0.3, -0.25) is 9.59 Å². The molecule has 0 saturated carbocycles. The summed E-state index contributed by atoms with van der Waals surface area (Å²) in [6.07, 6.45) is 2.43.